The van der Waals surface area contributed by atoms with Crippen molar-refractivity contribution < 1.29 is 9.84 Å². The minimum absolute atomic E-state index is 0.0334. The minimum atomic E-state index is 0.0334. The molecule has 2 heteroatoms. The number of aromatic hydroxyl groups is 1. The van der Waals surface area contributed by atoms with E-state index in [1.54, 1.807) is 6.07 Å². The third-order valence-electron chi connectivity index (χ3n) is 5.51. The molecule has 1 fully saturated rings. The van der Waals surface area contributed by atoms with Gasteiger partial charge in [0.1, 0.15) is 5.75 Å². The standard InChI is InChI=1S/C21H34O2/c1-3-5-12-19-13-9-10-16-21(19,15-6-4-2)23-17-18-11-7-8-14-20(18)22/h7-8,11,14,19,22H,3-6,9-10,12-13,15-17H2,1-2H3. The van der Waals surface area contributed by atoms with E-state index < -0.39 is 0 Å². The van der Waals surface area contributed by atoms with Gasteiger partial charge in [0.25, 0.3) is 0 Å². The van der Waals surface area contributed by atoms with Crippen LogP contribution in [0.5, 0.6) is 5.75 Å². The monoisotopic (exact) mass is 318 g/mol. The van der Waals surface area contributed by atoms with Crippen molar-refractivity contribution in [3.8, 4) is 5.75 Å². The lowest BCUT2D eigenvalue weighted by Crippen LogP contribution is -2.43. The lowest BCUT2D eigenvalue weighted by Gasteiger charge is -2.44. The molecule has 0 spiro atoms. The molecule has 1 N–H and O–H groups in total. The topological polar surface area (TPSA) is 29.5 Å². The summed E-state index contributed by atoms with van der Waals surface area (Å²) in [4.78, 5) is 0. The first kappa shape index (κ1) is 18.3. The molecule has 1 saturated carbocycles. The Morgan fingerprint density at radius 3 is 2.65 bits per heavy atom. The zero-order chi connectivity index (χ0) is 16.5. The zero-order valence-corrected chi connectivity index (χ0v) is 15.0. The first-order valence-corrected chi connectivity index (χ1v) is 9.62. The van der Waals surface area contributed by atoms with Gasteiger partial charge < -0.3 is 9.84 Å². The van der Waals surface area contributed by atoms with E-state index in [0.29, 0.717) is 18.3 Å². The molecular formula is C21H34O2. The Bertz CT molecular complexity index is 457. The molecule has 2 atom stereocenters. The summed E-state index contributed by atoms with van der Waals surface area (Å²) in [5.74, 6) is 1.05. The van der Waals surface area contributed by atoms with Gasteiger partial charge in [0.05, 0.1) is 12.2 Å². The molecular weight excluding hydrogens is 284 g/mol. The number of phenols is 1. The van der Waals surface area contributed by atoms with Crippen molar-refractivity contribution >= 4 is 0 Å². The Morgan fingerprint density at radius 2 is 1.91 bits per heavy atom. The van der Waals surface area contributed by atoms with E-state index in [1.807, 2.05) is 18.2 Å². The Balaban J connectivity index is 2.10. The van der Waals surface area contributed by atoms with Gasteiger partial charge in [0, 0.05) is 5.56 Å². The Morgan fingerprint density at radius 1 is 1.13 bits per heavy atom. The zero-order valence-electron chi connectivity index (χ0n) is 15.0. The summed E-state index contributed by atoms with van der Waals surface area (Å²) in [7, 11) is 0. The van der Waals surface area contributed by atoms with Crippen LogP contribution in [0.3, 0.4) is 0 Å². The molecule has 2 nitrogen and oxygen atoms in total. The lowest BCUT2D eigenvalue weighted by molar-refractivity contribution is -0.126. The Labute approximate surface area is 142 Å². The minimum Gasteiger partial charge on any atom is -0.508 e. The second-order valence-electron chi connectivity index (χ2n) is 7.17. The Kier molecular flexibility index (Phi) is 7.42. The maximum Gasteiger partial charge on any atom is 0.121 e. The second-order valence-corrected chi connectivity index (χ2v) is 7.17. The molecule has 1 aromatic rings. The van der Waals surface area contributed by atoms with Crippen molar-refractivity contribution in [1.29, 1.82) is 0 Å². The fourth-order valence-corrected chi connectivity index (χ4v) is 4.06. The van der Waals surface area contributed by atoms with Crippen molar-refractivity contribution in [2.75, 3.05) is 0 Å². The van der Waals surface area contributed by atoms with E-state index in [0.717, 1.165) is 5.56 Å². The molecule has 0 heterocycles. The number of ether oxygens (including phenoxy) is 1. The first-order valence-electron chi connectivity index (χ1n) is 9.62. The second kappa shape index (κ2) is 9.32. The maximum atomic E-state index is 10.0. The maximum absolute atomic E-state index is 10.0. The van der Waals surface area contributed by atoms with Gasteiger partial charge in [0.15, 0.2) is 0 Å². The molecule has 1 aliphatic rings. The molecule has 0 bridgehead atoms. The number of hydrogen-bond donors (Lipinski definition) is 1. The molecule has 1 aliphatic carbocycles. The van der Waals surface area contributed by atoms with Crippen LogP contribution in [0.4, 0.5) is 0 Å². The van der Waals surface area contributed by atoms with Crippen LogP contribution in [0.25, 0.3) is 0 Å². The predicted molar refractivity (Wildman–Crippen MR) is 96.6 cm³/mol. The number of unbranched alkanes of at least 4 members (excludes halogenated alkanes) is 2. The highest BCUT2D eigenvalue weighted by Gasteiger charge is 2.40. The molecule has 2 rings (SSSR count). The highest BCUT2D eigenvalue weighted by molar-refractivity contribution is 5.31. The van der Waals surface area contributed by atoms with Gasteiger partial charge in [0.2, 0.25) is 0 Å². The Hall–Kier alpha value is -1.02. The molecule has 23 heavy (non-hydrogen) atoms. The van der Waals surface area contributed by atoms with Crippen molar-refractivity contribution in [2.45, 2.75) is 90.3 Å². The van der Waals surface area contributed by atoms with Crippen LogP contribution in [-0.4, -0.2) is 10.7 Å². The summed E-state index contributed by atoms with van der Waals surface area (Å²) < 4.78 is 6.59. The van der Waals surface area contributed by atoms with Crippen LogP contribution in [0.2, 0.25) is 0 Å². The van der Waals surface area contributed by atoms with Crippen LogP contribution in [-0.2, 0) is 11.3 Å². The third-order valence-corrected chi connectivity index (χ3v) is 5.51. The predicted octanol–water partition coefficient (Wildman–Crippen LogP) is 6.22. The van der Waals surface area contributed by atoms with Crippen LogP contribution >= 0.6 is 0 Å². The SMILES string of the molecule is CCCCC1CCCCC1(CCCC)OCc1ccccc1O. The molecule has 130 valence electrons. The van der Waals surface area contributed by atoms with Crippen LogP contribution in [0, 0.1) is 5.92 Å². The molecule has 1 aromatic carbocycles. The van der Waals surface area contributed by atoms with Crippen molar-refractivity contribution in [3.05, 3.63) is 29.8 Å². The third kappa shape index (κ3) is 4.97. The van der Waals surface area contributed by atoms with Gasteiger partial charge in [-0.05, 0) is 37.7 Å². The number of hydrogen-bond acceptors (Lipinski definition) is 2. The summed E-state index contributed by atoms with van der Waals surface area (Å²) in [5, 5.41) is 10.0. The molecule has 0 amide bonds. The van der Waals surface area contributed by atoms with E-state index >= 15 is 0 Å². The number of benzene rings is 1. The average molecular weight is 319 g/mol. The van der Waals surface area contributed by atoms with E-state index in [-0.39, 0.29) is 5.60 Å². The number of rotatable bonds is 9. The van der Waals surface area contributed by atoms with Gasteiger partial charge >= 0.3 is 0 Å². The first-order chi connectivity index (χ1) is 11.2. The molecule has 0 aromatic heterocycles. The van der Waals surface area contributed by atoms with Crippen molar-refractivity contribution in [2.24, 2.45) is 5.92 Å². The van der Waals surface area contributed by atoms with E-state index in [2.05, 4.69) is 13.8 Å². The highest BCUT2D eigenvalue weighted by Crippen LogP contribution is 2.44. The fraction of sp³-hybridized carbons (Fsp3) is 0.714. The van der Waals surface area contributed by atoms with Crippen LogP contribution in [0.1, 0.15) is 83.6 Å². The molecule has 0 saturated heterocycles. The lowest BCUT2D eigenvalue weighted by atomic mass is 9.70. The average Bonchev–Trinajstić information content (AvgIpc) is 2.58. The number of phenolic OH excluding ortho intramolecular Hbond substituents is 1. The summed E-state index contributed by atoms with van der Waals surface area (Å²) in [6.45, 7) is 5.08. The van der Waals surface area contributed by atoms with Crippen molar-refractivity contribution in [3.63, 3.8) is 0 Å². The van der Waals surface area contributed by atoms with Gasteiger partial charge in [-0.2, -0.15) is 0 Å². The quantitative estimate of drug-likeness (QED) is 0.586. The van der Waals surface area contributed by atoms with Crippen LogP contribution < -0.4 is 0 Å². The number of para-hydroxylation sites is 1. The summed E-state index contributed by atoms with van der Waals surface area (Å²) in [6, 6.07) is 7.59. The molecule has 0 radical (unpaired) electrons. The van der Waals surface area contributed by atoms with E-state index in [1.165, 1.54) is 64.2 Å². The van der Waals surface area contributed by atoms with Crippen LogP contribution in [0.15, 0.2) is 24.3 Å². The summed E-state index contributed by atoms with van der Waals surface area (Å²) in [6.07, 6.45) is 12.6. The van der Waals surface area contributed by atoms with Gasteiger partial charge in [-0.25, -0.2) is 0 Å². The van der Waals surface area contributed by atoms with E-state index in [4.69, 9.17) is 4.74 Å². The van der Waals surface area contributed by atoms with Gasteiger partial charge in [-0.15, -0.1) is 0 Å². The smallest absolute Gasteiger partial charge is 0.121 e. The molecule has 2 unspecified atom stereocenters. The van der Waals surface area contributed by atoms with Gasteiger partial charge in [-0.1, -0.05) is 70.6 Å². The van der Waals surface area contributed by atoms with Crippen molar-refractivity contribution in [1.82, 2.24) is 0 Å². The van der Waals surface area contributed by atoms with Gasteiger partial charge in [-0.3, -0.25) is 0 Å². The normalized spacial score (nSPS) is 24.7. The largest absolute Gasteiger partial charge is 0.508 e. The highest BCUT2D eigenvalue weighted by atomic mass is 16.5. The summed E-state index contributed by atoms with van der Waals surface area (Å²) in [5.41, 5.74) is 0.953. The molecule has 0 aliphatic heterocycles. The fourth-order valence-electron chi connectivity index (χ4n) is 4.06. The van der Waals surface area contributed by atoms with E-state index in [9.17, 15) is 5.11 Å². The summed E-state index contributed by atoms with van der Waals surface area (Å²) >= 11 is 0.